The zero-order chi connectivity index (χ0) is 22.2. The molecule has 2 saturated heterocycles. The molecular formula is C19H19ClF3N7OS. The number of rotatable bonds is 4. The fourth-order valence-corrected chi connectivity index (χ4v) is 6.10. The minimum absolute atomic E-state index is 0.0324. The van der Waals surface area contributed by atoms with Crippen LogP contribution in [0, 0.1) is 18.8 Å². The van der Waals surface area contributed by atoms with E-state index in [1.54, 1.807) is 0 Å². The van der Waals surface area contributed by atoms with Crippen molar-refractivity contribution < 1.29 is 17.9 Å². The van der Waals surface area contributed by atoms with Gasteiger partial charge in [0.2, 0.25) is 11.1 Å². The van der Waals surface area contributed by atoms with E-state index < -0.39 is 12.8 Å². The van der Waals surface area contributed by atoms with Crippen LogP contribution in [-0.2, 0) is 0 Å². The molecule has 4 atom stereocenters. The number of halogens is 4. The maximum Gasteiger partial charge on any atom is 0.422 e. The molecule has 170 valence electrons. The molecule has 5 heterocycles. The Hall–Kier alpha value is -2.34. The molecule has 0 spiro atoms. The van der Waals surface area contributed by atoms with E-state index in [-0.39, 0.29) is 16.4 Å². The lowest BCUT2D eigenvalue weighted by atomic mass is 9.82. The minimum atomic E-state index is -4.45. The Morgan fingerprint density at radius 2 is 2.09 bits per heavy atom. The van der Waals surface area contributed by atoms with Gasteiger partial charge in [0.15, 0.2) is 18.0 Å². The van der Waals surface area contributed by atoms with Crippen LogP contribution in [0.2, 0.25) is 5.02 Å². The number of hydrogen-bond acceptors (Lipinski definition) is 8. The second-order valence-electron chi connectivity index (χ2n) is 8.60. The summed E-state index contributed by atoms with van der Waals surface area (Å²) < 4.78 is 48.6. The maximum absolute atomic E-state index is 12.6. The third kappa shape index (κ3) is 3.43. The monoisotopic (exact) mass is 485 g/mol. The van der Waals surface area contributed by atoms with Crippen molar-refractivity contribution in [3.8, 4) is 5.75 Å². The van der Waals surface area contributed by atoms with Crippen molar-refractivity contribution in [3.05, 3.63) is 23.1 Å². The van der Waals surface area contributed by atoms with E-state index in [0.717, 1.165) is 36.9 Å². The molecule has 1 aliphatic carbocycles. The summed E-state index contributed by atoms with van der Waals surface area (Å²) in [6, 6.07) is 2.01. The molecule has 3 aromatic rings. The smallest absolute Gasteiger partial charge is 0.422 e. The third-order valence-electron chi connectivity index (χ3n) is 6.51. The number of hydrogen-bond donors (Lipinski definition) is 0. The quantitative estimate of drug-likeness (QED) is 0.523. The number of aromatic nitrogens is 5. The molecule has 1 saturated carbocycles. The molecular weight excluding hydrogens is 467 g/mol. The number of aryl methyl sites for hydroxylation is 1. The summed E-state index contributed by atoms with van der Waals surface area (Å²) in [4.78, 5) is 13.6. The molecule has 32 heavy (non-hydrogen) atoms. The SMILES string of the molecule is Cc1nsc(N2CC3CC[C@@H]4[C@H]([C@@H]3C2)N4c2nc3c(OCC(F)(F)F)cc(Cl)cn3n2)n1. The third-order valence-corrected chi connectivity index (χ3v) is 7.59. The van der Waals surface area contributed by atoms with Crippen LogP contribution in [0.5, 0.6) is 5.75 Å². The molecule has 1 unspecified atom stereocenters. The first kappa shape index (κ1) is 20.3. The summed E-state index contributed by atoms with van der Waals surface area (Å²) in [5.41, 5.74) is 0.228. The van der Waals surface area contributed by atoms with Gasteiger partial charge in [-0.25, -0.2) is 9.50 Å². The number of anilines is 2. The molecule has 13 heteroatoms. The van der Waals surface area contributed by atoms with Crippen molar-refractivity contribution >= 4 is 39.9 Å². The number of pyridine rings is 1. The Bertz CT molecular complexity index is 1180. The van der Waals surface area contributed by atoms with Crippen LogP contribution in [0.25, 0.3) is 5.65 Å². The zero-order valence-electron chi connectivity index (χ0n) is 17.0. The predicted molar refractivity (Wildman–Crippen MR) is 113 cm³/mol. The van der Waals surface area contributed by atoms with Gasteiger partial charge in [-0.1, -0.05) is 11.6 Å². The van der Waals surface area contributed by atoms with Crippen molar-refractivity contribution in [3.63, 3.8) is 0 Å². The highest BCUT2D eigenvalue weighted by Gasteiger charge is 2.60. The normalized spacial score (nSPS) is 27.0. The van der Waals surface area contributed by atoms with E-state index in [1.165, 1.54) is 28.3 Å². The van der Waals surface area contributed by atoms with Crippen LogP contribution >= 0.6 is 23.1 Å². The Kier molecular flexibility index (Phi) is 4.49. The second kappa shape index (κ2) is 7.08. The molecule has 0 N–H and O–H groups in total. The van der Waals surface area contributed by atoms with E-state index in [4.69, 9.17) is 16.3 Å². The molecule has 0 amide bonds. The summed E-state index contributed by atoms with van der Waals surface area (Å²) in [5.74, 6) is 2.30. The molecule has 0 aromatic carbocycles. The Balaban J connectivity index is 1.25. The lowest BCUT2D eigenvalue weighted by molar-refractivity contribution is -0.153. The van der Waals surface area contributed by atoms with E-state index in [9.17, 15) is 13.2 Å². The van der Waals surface area contributed by atoms with Gasteiger partial charge in [-0.2, -0.15) is 22.5 Å². The van der Waals surface area contributed by atoms with Crippen molar-refractivity contribution in [2.24, 2.45) is 11.8 Å². The van der Waals surface area contributed by atoms with Crippen LogP contribution in [0.1, 0.15) is 18.7 Å². The highest BCUT2D eigenvalue weighted by atomic mass is 35.5. The van der Waals surface area contributed by atoms with Crippen molar-refractivity contribution in [1.82, 2.24) is 24.0 Å². The summed E-state index contributed by atoms with van der Waals surface area (Å²) in [6.45, 7) is 2.37. The Morgan fingerprint density at radius 3 is 2.84 bits per heavy atom. The van der Waals surface area contributed by atoms with Gasteiger partial charge in [0.25, 0.3) is 0 Å². The largest absolute Gasteiger partial charge is 0.480 e. The van der Waals surface area contributed by atoms with Gasteiger partial charge in [0.05, 0.1) is 17.1 Å². The summed E-state index contributed by atoms with van der Waals surface area (Å²) in [5, 5.41) is 5.71. The second-order valence-corrected chi connectivity index (χ2v) is 9.77. The number of alkyl halides is 3. The Morgan fingerprint density at radius 1 is 1.25 bits per heavy atom. The van der Waals surface area contributed by atoms with Gasteiger partial charge in [0.1, 0.15) is 5.82 Å². The van der Waals surface area contributed by atoms with Gasteiger partial charge < -0.3 is 14.5 Å². The van der Waals surface area contributed by atoms with Gasteiger partial charge in [0, 0.05) is 42.8 Å². The first-order valence-electron chi connectivity index (χ1n) is 10.4. The maximum atomic E-state index is 12.6. The number of fused-ring (bicyclic) bond motifs is 4. The highest BCUT2D eigenvalue weighted by molar-refractivity contribution is 7.09. The van der Waals surface area contributed by atoms with Gasteiger partial charge in [-0.15, -0.1) is 5.10 Å². The summed E-state index contributed by atoms with van der Waals surface area (Å²) in [6.07, 6.45) is -0.761. The summed E-state index contributed by atoms with van der Waals surface area (Å²) >= 11 is 7.50. The first-order chi connectivity index (χ1) is 15.3. The van der Waals surface area contributed by atoms with E-state index in [0.29, 0.717) is 29.9 Å². The van der Waals surface area contributed by atoms with Crippen LogP contribution in [0.15, 0.2) is 12.3 Å². The number of ether oxygens (including phenoxy) is 1. The van der Waals surface area contributed by atoms with E-state index >= 15 is 0 Å². The van der Waals surface area contributed by atoms with Crippen molar-refractivity contribution in [2.75, 3.05) is 29.5 Å². The van der Waals surface area contributed by atoms with Crippen molar-refractivity contribution in [1.29, 1.82) is 0 Å². The standard InChI is InChI=1S/C19H19ClF3N7OS/c1-9-24-18(32-27-9)28-5-10-2-3-13-15(12(10)7-28)30(13)17-25-16-14(31-8-19(21,22)23)4-11(20)6-29(16)26-17/h4,6,10,12-13,15H,2-3,5,7-8H2,1H3/t10?,12-,13-,15+,30?/m1/s1. The topological polar surface area (TPSA) is 71.5 Å². The van der Waals surface area contributed by atoms with Crippen LogP contribution in [0.3, 0.4) is 0 Å². The zero-order valence-corrected chi connectivity index (χ0v) is 18.5. The van der Waals surface area contributed by atoms with Crippen LogP contribution in [0.4, 0.5) is 24.3 Å². The molecule has 8 nitrogen and oxygen atoms in total. The molecule has 2 aliphatic heterocycles. The minimum Gasteiger partial charge on any atom is -0.480 e. The Labute approximate surface area is 190 Å². The molecule has 0 bridgehead atoms. The first-order valence-corrected chi connectivity index (χ1v) is 11.5. The molecule has 0 radical (unpaired) electrons. The fourth-order valence-electron chi connectivity index (χ4n) is 5.22. The van der Waals surface area contributed by atoms with Gasteiger partial charge in [-0.3, -0.25) is 0 Å². The average molecular weight is 486 g/mol. The van der Waals surface area contributed by atoms with Crippen LogP contribution < -0.4 is 14.5 Å². The fraction of sp³-hybridized carbons (Fsp3) is 0.579. The lowest BCUT2D eigenvalue weighted by Crippen LogP contribution is -2.25. The van der Waals surface area contributed by atoms with Gasteiger partial charge in [-0.05, 0) is 25.7 Å². The van der Waals surface area contributed by atoms with Crippen molar-refractivity contribution in [2.45, 2.75) is 38.0 Å². The summed E-state index contributed by atoms with van der Waals surface area (Å²) in [7, 11) is 0. The molecule has 6 rings (SSSR count). The lowest BCUT2D eigenvalue weighted by Gasteiger charge is -2.20. The predicted octanol–water partition coefficient (Wildman–Crippen LogP) is 3.59. The average Bonchev–Trinajstić information content (AvgIpc) is 3.08. The van der Waals surface area contributed by atoms with E-state index in [1.807, 2.05) is 6.92 Å². The van der Waals surface area contributed by atoms with Crippen LogP contribution in [-0.4, -0.2) is 61.9 Å². The molecule has 3 fully saturated rings. The highest BCUT2D eigenvalue weighted by Crippen LogP contribution is 2.51. The molecule has 3 aromatic heterocycles. The molecule has 3 aliphatic rings. The van der Waals surface area contributed by atoms with E-state index in [2.05, 4.69) is 29.2 Å². The van der Waals surface area contributed by atoms with Gasteiger partial charge >= 0.3 is 6.18 Å². The number of nitrogens with zero attached hydrogens (tertiary/aromatic N) is 7.